The molecule has 0 unspecified atom stereocenters. The number of sulfonamides is 1. The number of likely N-dealkylation sites (tertiary alicyclic amines) is 1. The molecule has 0 aromatic carbocycles. The fraction of sp³-hybridized carbons (Fsp3) is 0.714. The molecule has 22 heavy (non-hydrogen) atoms. The number of hydrogen-bond acceptors (Lipinski definition) is 4. The lowest BCUT2D eigenvalue weighted by Crippen LogP contribution is -2.50. The van der Waals surface area contributed by atoms with Crippen molar-refractivity contribution in [3.63, 3.8) is 0 Å². The summed E-state index contributed by atoms with van der Waals surface area (Å²) in [6.45, 7) is 0.840. The van der Waals surface area contributed by atoms with Gasteiger partial charge in [-0.3, -0.25) is 9.89 Å². The normalized spacial score (nSPS) is 23.8. The van der Waals surface area contributed by atoms with Gasteiger partial charge in [0, 0.05) is 25.3 Å². The van der Waals surface area contributed by atoms with Gasteiger partial charge < -0.3 is 4.90 Å². The predicted octanol–water partition coefficient (Wildman–Crippen LogP) is 0.876. The van der Waals surface area contributed by atoms with Crippen LogP contribution in [-0.4, -0.2) is 53.8 Å². The standard InChI is InChI=1S/C14H22N4O3S/c19-14(13-7-8-15-16-13)18-9-3-6-12(10-18)22(20,21)17-11-4-1-2-5-11/h7-8,11-12,17H,1-6,9-10H2,(H,15,16)/t12-/m0/s1. The largest absolute Gasteiger partial charge is 0.336 e. The van der Waals surface area contributed by atoms with E-state index in [0.29, 0.717) is 25.1 Å². The molecule has 1 aliphatic carbocycles. The van der Waals surface area contributed by atoms with E-state index in [1.54, 1.807) is 11.0 Å². The SMILES string of the molecule is O=C(c1ccn[nH]1)N1CCC[C@H](S(=O)(=O)NC2CCCC2)C1. The number of carbonyl (C=O) groups excluding carboxylic acids is 1. The summed E-state index contributed by atoms with van der Waals surface area (Å²) in [6.07, 6.45) is 6.84. The molecule has 8 heteroatoms. The summed E-state index contributed by atoms with van der Waals surface area (Å²) in [5.74, 6) is -0.182. The Labute approximate surface area is 130 Å². The van der Waals surface area contributed by atoms with Crippen LogP contribution in [0.5, 0.6) is 0 Å². The molecule has 3 rings (SSSR count). The number of nitrogens with one attached hydrogen (secondary N) is 2. The zero-order valence-electron chi connectivity index (χ0n) is 12.5. The minimum absolute atomic E-state index is 0.0729. The number of amides is 1. The molecule has 7 nitrogen and oxygen atoms in total. The molecule has 2 N–H and O–H groups in total. The summed E-state index contributed by atoms with van der Waals surface area (Å²) in [4.78, 5) is 13.9. The summed E-state index contributed by atoms with van der Waals surface area (Å²) in [5.41, 5.74) is 0.404. The van der Waals surface area contributed by atoms with Gasteiger partial charge in [0.15, 0.2) is 0 Å². The van der Waals surface area contributed by atoms with E-state index >= 15 is 0 Å². The predicted molar refractivity (Wildman–Crippen MR) is 81.8 cm³/mol. The summed E-state index contributed by atoms with van der Waals surface area (Å²) in [7, 11) is -3.37. The molecule has 1 saturated carbocycles. The molecule has 2 fully saturated rings. The van der Waals surface area contributed by atoms with E-state index in [0.717, 1.165) is 25.7 Å². The third kappa shape index (κ3) is 3.33. The molecule has 0 radical (unpaired) electrons. The van der Waals surface area contributed by atoms with Gasteiger partial charge in [-0.2, -0.15) is 5.10 Å². The van der Waals surface area contributed by atoms with E-state index in [9.17, 15) is 13.2 Å². The van der Waals surface area contributed by atoms with Crippen molar-refractivity contribution in [1.29, 1.82) is 0 Å². The van der Waals surface area contributed by atoms with Crippen molar-refractivity contribution in [2.75, 3.05) is 13.1 Å². The third-order valence-electron chi connectivity index (χ3n) is 4.52. The van der Waals surface area contributed by atoms with Gasteiger partial charge in [-0.25, -0.2) is 13.1 Å². The average Bonchev–Trinajstić information content (AvgIpc) is 3.19. The van der Waals surface area contributed by atoms with Crippen LogP contribution in [0.4, 0.5) is 0 Å². The quantitative estimate of drug-likeness (QED) is 0.858. The molecule has 1 aromatic heterocycles. The smallest absolute Gasteiger partial charge is 0.271 e. The maximum atomic E-state index is 12.5. The number of nitrogens with zero attached hydrogens (tertiary/aromatic N) is 2. The van der Waals surface area contributed by atoms with Gasteiger partial charge >= 0.3 is 0 Å². The van der Waals surface area contributed by atoms with E-state index < -0.39 is 15.3 Å². The summed E-state index contributed by atoms with van der Waals surface area (Å²) in [6, 6.07) is 1.68. The fourth-order valence-corrected chi connectivity index (χ4v) is 5.04. The first-order chi connectivity index (χ1) is 10.6. The Hall–Kier alpha value is -1.41. The van der Waals surface area contributed by atoms with Gasteiger partial charge in [-0.1, -0.05) is 12.8 Å². The molecule has 122 valence electrons. The molecule has 0 bridgehead atoms. The van der Waals surface area contributed by atoms with Crippen molar-refractivity contribution in [1.82, 2.24) is 19.8 Å². The topological polar surface area (TPSA) is 95.2 Å². The molecule has 1 saturated heterocycles. The van der Waals surface area contributed by atoms with Crippen molar-refractivity contribution >= 4 is 15.9 Å². The van der Waals surface area contributed by atoms with Crippen LogP contribution in [0.2, 0.25) is 0 Å². The number of piperidine rings is 1. The van der Waals surface area contributed by atoms with E-state index in [1.807, 2.05) is 0 Å². The maximum absolute atomic E-state index is 12.5. The monoisotopic (exact) mass is 326 g/mol. The van der Waals surface area contributed by atoms with Crippen LogP contribution < -0.4 is 4.72 Å². The number of H-pyrrole nitrogens is 1. The second-order valence-corrected chi connectivity index (χ2v) is 8.12. The van der Waals surface area contributed by atoms with Crippen molar-refractivity contribution in [2.24, 2.45) is 0 Å². The van der Waals surface area contributed by atoms with Crippen molar-refractivity contribution in [3.8, 4) is 0 Å². The van der Waals surface area contributed by atoms with Gasteiger partial charge in [0.1, 0.15) is 5.69 Å². The van der Waals surface area contributed by atoms with Gasteiger partial charge in [0.25, 0.3) is 5.91 Å². The van der Waals surface area contributed by atoms with Gasteiger partial charge in [-0.05, 0) is 31.7 Å². The molecule has 1 aliphatic heterocycles. The zero-order chi connectivity index (χ0) is 15.6. The lowest BCUT2D eigenvalue weighted by Gasteiger charge is -2.32. The van der Waals surface area contributed by atoms with Crippen LogP contribution in [0.25, 0.3) is 0 Å². The molecule has 1 aromatic rings. The number of aromatic amines is 1. The minimum Gasteiger partial charge on any atom is -0.336 e. The summed E-state index contributed by atoms with van der Waals surface area (Å²) >= 11 is 0. The van der Waals surface area contributed by atoms with E-state index in [4.69, 9.17) is 0 Å². The van der Waals surface area contributed by atoms with Crippen LogP contribution >= 0.6 is 0 Å². The Morgan fingerprint density at radius 2 is 2.05 bits per heavy atom. The number of hydrogen-bond donors (Lipinski definition) is 2. The van der Waals surface area contributed by atoms with Crippen LogP contribution in [0.1, 0.15) is 49.0 Å². The number of rotatable bonds is 4. The molecule has 0 spiro atoms. The fourth-order valence-electron chi connectivity index (χ4n) is 3.29. The Kier molecular flexibility index (Phi) is 4.49. The van der Waals surface area contributed by atoms with E-state index in [2.05, 4.69) is 14.9 Å². The first kappa shape index (κ1) is 15.5. The Balaban J connectivity index is 1.65. The summed E-state index contributed by atoms with van der Waals surface area (Å²) < 4.78 is 27.9. The molecule has 2 heterocycles. The van der Waals surface area contributed by atoms with Crippen molar-refractivity contribution in [2.45, 2.75) is 49.8 Å². The molecule has 2 aliphatic rings. The van der Waals surface area contributed by atoms with Crippen molar-refractivity contribution in [3.05, 3.63) is 18.0 Å². The first-order valence-corrected chi connectivity index (χ1v) is 9.41. The maximum Gasteiger partial charge on any atom is 0.271 e. The van der Waals surface area contributed by atoms with Gasteiger partial charge in [0.2, 0.25) is 10.0 Å². The van der Waals surface area contributed by atoms with Crippen LogP contribution in [0, 0.1) is 0 Å². The molecular formula is C14H22N4O3S. The Bertz CT molecular complexity index is 608. The van der Waals surface area contributed by atoms with Gasteiger partial charge in [-0.15, -0.1) is 0 Å². The Morgan fingerprint density at radius 3 is 2.73 bits per heavy atom. The first-order valence-electron chi connectivity index (χ1n) is 7.86. The average molecular weight is 326 g/mol. The highest BCUT2D eigenvalue weighted by Gasteiger charge is 2.34. The Morgan fingerprint density at radius 1 is 1.27 bits per heavy atom. The van der Waals surface area contributed by atoms with Gasteiger partial charge in [0.05, 0.1) is 5.25 Å². The lowest BCUT2D eigenvalue weighted by atomic mass is 10.1. The zero-order valence-corrected chi connectivity index (χ0v) is 13.3. The number of aromatic nitrogens is 2. The number of carbonyl (C=O) groups is 1. The lowest BCUT2D eigenvalue weighted by molar-refractivity contribution is 0.0720. The van der Waals surface area contributed by atoms with Crippen molar-refractivity contribution < 1.29 is 13.2 Å². The molecule has 1 amide bonds. The molecular weight excluding hydrogens is 304 g/mol. The highest BCUT2D eigenvalue weighted by atomic mass is 32.2. The minimum atomic E-state index is -3.37. The van der Waals surface area contributed by atoms with E-state index in [-0.39, 0.29) is 18.5 Å². The van der Waals surface area contributed by atoms with E-state index in [1.165, 1.54) is 6.20 Å². The molecule has 1 atom stereocenters. The van der Waals surface area contributed by atoms with Crippen LogP contribution in [-0.2, 0) is 10.0 Å². The highest BCUT2D eigenvalue weighted by Crippen LogP contribution is 2.22. The van der Waals surface area contributed by atoms with Crippen LogP contribution in [0.15, 0.2) is 12.3 Å². The second-order valence-electron chi connectivity index (χ2n) is 6.13. The second kappa shape index (κ2) is 6.37. The highest BCUT2D eigenvalue weighted by molar-refractivity contribution is 7.90. The van der Waals surface area contributed by atoms with Crippen LogP contribution in [0.3, 0.4) is 0 Å². The third-order valence-corrected chi connectivity index (χ3v) is 6.45. The summed E-state index contributed by atoms with van der Waals surface area (Å²) in [5, 5.41) is 5.89.